The van der Waals surface area contributed by atoms with E-state index >= 15 is 0 Å². The number of halogens is 2. The number of anilines is 1. The van der Waals surface area contributed by atoms with E-state index < -0.39 is 0 Å². The van der Waals surface area contributed by atoms with Crippen LogP contribution in [0, 0.1) is 0 Å². The van der Waals surface area contributed by atoms with Crippen molar-refractivity contribution in [2.75, 3.05) is 18.4 Å². The molecule has 0 radical (unpaired) electrons. The molecule has 1 aliphatic carbocycles. The van der Waals surface area contributed by atoms with Gasteiger partial charge >= 0.3 is 0 Å². The normalized spacial score (nSPS) is 13.3. The first-order chi connectivity index (χ1) is 13.7. The van der Waals surface area contributed by atoms with Crippen molar-refractivity contribution in [1.29, 1.82) is 0 Å². The van der Waals surface area contributed by atoms with E-state index in [2.05, 4.69) is 20.8 Å². The Labute approximate surface area is 181 Å². The summed E-state index contributed by atoms with van der Waals surface area (Å²) in [6.07, 6.45) is 6.19. The predicted octanol–water partition coefficient (Wildman–Crippen LogP) is 5.00. The third-order valence-electron chi connectivity index (χ3n) is 5.12. The molecule has 5 nitrogen and oxygen atoms in total. The fraction of sp³-hybridized carbons (Fsp3) is 0.364. The van der Waals surface area contributed by atoms with Gasteiger partial charge in [0.2, 0.25) is 0 Å². The standard InChI is InChI=1S/C22H25ClN4O.ClH/c23-19-11-8-15(21-17-6-2-3-7-18(17)22(28)27-26-21)14-20(19)25-13-5-1-4-12-24-16-9-10-16;/h2-3,6-8,11,14,16,24-25H,1,4-5,9-10,12-13H2,(H,27,28);1H. The lowest BCUT2D eigenvalue weighted by Gasteiger charge is -2.11. The highest BCUT2D eigenvalue weighted by molar-refractivity contribution is 6.33. The molecule has 3 aromatic rings. The van der Waals surface area contributed by atoms with Gasteiger partial charge in [0.25, 0.3) is 5.56 Å². The lowest BCUT2D eigenvalue weighted by Crippen LogP contribution is -2.17. The number of aromatic amines is 1. The van der Waals surface area contributed by atoms with Gasteiger partial charge in [0.1, 0.15) is 0 Å². The molecule has 154 valence electrons. The molecule has 29 heavy (non-hydrogen) atoms. The van der Waals surface area contributed by atoms with Crippen LogP contribution in [0.1, 0.15) is 32.1 Å². The van der Waals surface area contributed by atoms with E-state index in [0.717, 1.165) is 47.9 Å². The zero-order chi connectivity index (χ0) is 19.3. The van der Waals surface area contributed by atoms with Crippen molar-refractivity contribution in [3.63, 3.8) is 0 Å². The molecule has 0 spiro atoms. The van der Waals surface area contributed by atoms with Crippen LogP contribution in [-0.2, 0) is 0 Å². The second kappa shape index (κ2) is 10.1. The molecule has 1 fully saturated rings. The van der Waals surface area contributed by atoms with Gasteiger partial charge in [-0.15, -0.1) is 12.4 Å². The third-order valence-corrected chi connectivity index (χ3v) is 5.44. The molecule has 1 heterocycles. The lowest BCUT2D eigenvalue weighted by atomic mass is 10.0. The van der Waals surface area contributed by atoms with Crippen molar-refractivity contribution in [2.45, 2.75) is 38.1 Å². The minimum atomic E-state index is -0.178. The summed E-state index contributed by atoms with van der Waals surface area (Å²) < 4.78 is 0. The van der Waals surface area contributed by atoms with Gasteiger partial charge in [0, 0.05) is 23.5 Å². The number of H-pyrrole nitrogens is 1. The summed E-state index contributed by atoms with van der Waals surface area (Å²) in [5, 5.41) is 16.0. The highest BCUT2D eigenvalue weighted by atomic mass is 35.5. The first-order valence-electron chi connectivity index (χ1n) is 9.97. The zero-order valence-corrected chi connectivity index (χ0v) is 17.8. The van der Waals surface area contributed by atoms with Crippen LogP contribution < -0.4 is 16.2 Å². The van der Waals surface area contributed by atoms with Crippen LogP contribution in [0.2, 0.25) is 5.02 Å². The molecular formula is C22H26Cl2N4O. The number of rotatable bonds is 9. The van der Waals surface area contributed by atoms with E-state index in [1.54, 1.807) is 0 Å². The highest BCUT2D eigenvalue weighted by Crippen LogP contribution is 2.30. The van der Waals surface area contributed by atoms with Crippen molar-refractivity contribution in [3.8, 4) is 11.3 Å². The summed E-state index contributed by atoms with van der Waals surface area (Å²) in [6.45, 7) is 2.00. The Morgan fingerprint density at radius 3 is 2.59 bits per heavy atom. The number of hydrogen-bond donors (Lipinski definition) is 3. The molecule has 2 aromatic carbocycles. The number of aromatic nitrogens is 2. The van der Waals surface area contributed by atoms with Gasteiger partial charge in [0.15, 0.2) is 0 Å². The number of unbranched alkanes of at least 4 members (excludes halogenated alkanes) is 2. The third kappa shape index (κ3) is 5.50. The van der Waals surface area contributed by atoms with Crippen molar-refractivity contribution in [1.82, 2.24) is 15.5 Å². The molecule has 0 unspecified atom stereocenters. The van der Waals surface area contributed by atoms with Gasteiger partial charge in [-0.1, -0.05) is 42.3 Å². The molecule has 1 aromatic heterocycles. The van der Waals surface area contributed by atoms with E-state index in [9.17, 15) is 4.79 Å². The maximum atomic E-state index is 12.0. The smallest absolute Gasteiger partial charge is 0.272 e. The summed E-state index contributed by atoms with van der Waals surface area (Å²) in [5.41, 5.74) is 2.39. The zero-order valence-electron chi connectivity index (χ0n) is 16.2. The maximum absolute atomic E-state index is 12.0. The Hall–Kier alpha value is -2.08. The Balaban J connectivity index is 0.00000240. The minimum absolute atomic E-state index is 0. The van der Waals surface area contributed by atoms with Crippen LogP contribution in [0.25, 0.3) is 22.0 Å². The van der Waals surface area contributed by atoms with E-state index in [1.807, 2.05) is 42.5 Å². The quantitative estimate of drug-likeness (QED) is 0.416. The van der Waals surface area contributed by atoms with E-state index in [-0.39, 0.29) is 18.0 Å². The average Bonchev–Trinajstić information content (AvgIpc) is 3.54. The highest BCUT2D eigenvalue weighted by Gasteiger charge is 2.19. The SMILES string of the molecule is Cl.O=c1[nH]nc(-c2ccc(Cl)c(NCCCCCNC3CC3)c2)c2ccccc12. The minimum Gasteiger partial charge on any atom is -0.384 e. The second-order valence-electron chi connectivity index (χ2n) is 7.36. The largest absolute Gasteiger partial charge is 0.384 e. The monoisotopic (exact) mass is 432 g/mol. The van der Waals surface area contributed by atoms with Crippen LogP contribution in [0.3, 0.4) is 0 Å². The number of fused-ring (bicyclic) bond motifs is 1. The first kappa shape index (κ1) is 21.6. The summed E-state index contributed by atoms with van der Waals surface area (Å²) in [7, 11) is 0. The van der Waals surface area contributed by atoms with E-state index in [4.69, 9.17) is 11.6 Å². The summed E-state index contributed by atoms with van der Waals surface area (Å²) in [5.74, 6) is 0. The maximum Gasteiger partial charge on any atom is 0.272 e. The summed E-state index contributed by atoms with van der Waals surface area (Å²) >= 11 is 6.38. The van der Waals surface area contributed by atoms with Crippen molar-refractivity contribution in [2.24, 2.45) is 0 Å². The predicted molar refractivity (Wildman–Crippen MR) is 123 cm³/mol. The number of benzene rings is 2. The van der Waals surface area contributed by atoms with E-state index in [1.165, 1.54) is 25.7 Å². The Morgan fingerprint density at radius 1 is 1.03 bits per heavy atom. The van der Waals surface area contributed by atoms with Crippen LogP contribution in [-0.4, -0.2) is 29.3 Å². The number of nitrogens with zero attached hydrogens (tertiary/aromatic N) is 1. The molecule has 1 saturated carbocycles. The molecule has 3 N–H and O–H groups in total. The molecule has 0 atom stereocenters. The Morgan fingerprint density at radius 2 is 1.79 bits per heavy atom. The second-order valence-corrected chi connectivity index (χ2v) is 7.76. The number of hydrogen-bond acceptors (Lipinski definition) is 4. The van der Waals surface area contributed by atoms with Crippen molar-refractivity contribution < 1.29 is 0 Å². The fourth-order valence-electron chi connectivity index (χ4n) is 3.39. The molecule has 0 amide bonds. The first-order valence-corrected chi connectivity index (χ1v) is 10.3. The molecule has 7 heteroatoms. The van der Waals surface area contributed by atoms with Gasteiger partial charge in [0.05, 0.1) is 21.8 Å². The molecule has 4 rings (SSSR count). The molecule has 0 bridgehead atoms. The molecule has 0 aliphatic heterocycles. The Kier molecular flexibility index (Phi) is 7.53. The van der Waals surface area contributed by atoms with Crippen LogP contribution in [0.5, 0.6) is 0 Å². The van der Waals surface area contributed by atoms with Crippen molar-refractivity contribution >= 4 is 40.5 Å². The van der Waals surface area contributed by atoms with Gasteiger partial charge in [-0.25, -0.2) is 5.10 Å². The van der Waals surface area contributed by atoms with Gasteiger partial charge in [-0.3, -0.25) is 4.79 Å². The lowest BCUT2D eigenvalue weighted by molar-refractivity contribution is 0.608. The van der Waals surface area contributed by atoms with Crippen molar-refractivity contribution in [3.05, 3.63) is 57.8 Å². The number of nitrogens with one attached hydrogen (secondary N) is 3. The topological polar surface area (TPSA) is 69.8 Å². The van der Waals surface area contributed by atoms with Gasteiger partial charge < -0.3 is 10.6 Å². The summed E-state index contributed by atoms with van der Waals surface area (Å²) in [4.78, 5) is 12.0. The molecule has 1 aliphatic rings. The van der Waals surface area contributed by atoms with Crippen LogP contribution in [0.4, 0.5) is 5.69 Å². The Bertz CT molecular complexity index is 1020. The van der Waals surface area contributed by atoms with Gasteiger partial charge in [-0.2, -0.15) is 5.10 Å². The molecule has 0 saturated heterocycles. The van der Waals surface area contributed by atoms with Crippen LogP contribution in [0.15, 0.2) is 47.3 Å². The summed E-state index contributed by atoms with van der Waals surface area (Å²) in [6, 6.07) is 14.1. The van der Waals surface area contributed by atoms with E-state index in [0.29, 0.717) is 10.4 Å². The average molecular weight is 433 g/mol. The molecular weight excluding hydrogens is 407 g/mol. The van der Waals surface area contributed by atoms with Crippen LogP contribution >= 0.6 is 24.0 Å². The van der Waals surface area contributed by atoms with Gasteiger partial charge in [-0.05, 0) is 50.4 Å². The fourth-order valence-corrected chi connectivity index (χ4v) is 3.57.